The fourth-order valence-corrected chi connectivity index (χ4v) is 1.71. The molecule has 3 N–H and O–H groups in total. The van der Waals surface area contributed by atoms with Gasteiger partial charge in [-0.25, -0.2) is 8.78 Å². The molecule has 5 heteroatoms. The molecule has 0 saturated heterocycles. The van der Waals surface area contributed by atoms with Gasteiger partial charge < -0.3 is 10.8 Å². The van der Waals surface area contributed by atoms with Gasteiger partial charge >= 0.3 is 0 Å². The first kappa shape index (κ1) is 13.2. The van der Waals surface area contributed by atoms with Gasteiger partial charge in [0.05, 0.1) is 5.02 Å². The highest BCUT2D eigenvalue weighted by Gasteiger charge is 2.22. The van der Waals surface area contributed by atoms with Crippen molar-refractivity contribution in [1.82, 2.24) is 0 Å². The van der Waals surface area contributed by atoms with Crippen molar-refractivity contribution in [3.8, 4) is 5.75 Å². The Morgan fingerprint density at radius 2 is 2.06 bits per heavy atom. The zero-order chi connectivity index (χ0) is 12.3. The largest absolute Gasteiger partial charge is 0.505 e. The number of hydrogen-bond acceptors (Lipinski definition) is 2. The number of benzene rings is 1. The topological polar surface area (TPSA) is 46.2 Å². The molecule has 0 heterocycles. The third kappa shape index (κ3) is 2.62. The molecule has 1 aromatic carbocycles. The van der Waals surface area contributed by atoms with Gasteiger partial charge in [-0.15, -0.1) is 0 Å². The van der Waals surface area contributed by atoms with Crippen LogP contribution in [-0.4, -0.2) is 5.11 Å². The Hall–Kier alpha value is -0.870. The van der Waals surface area contributed by atoms with E-state index in [2.05, 4.69) is 0 Å². The fraction of sp³-hybridized carbons (Fsp3) is 0.455. The van der Waals surface area contributed by atoms with Gasteiger partial charge in [0, 0.05) is 17.7 Å². The Bertz CT molecular complexity index is 358. The number of halogens is 3. The van der Waals surface area contributed by atoms with Crippen LogP contribution in [0.3, 0.4) is 0 Å². The number of unbranched alkanes of at least 4 members (excludes halogenated alkanes) is 1. The minimum Gasteiger partial charge on any atom is -0.505 e. The predicted octanol–water partition coefficient (Wildman–Crippen LogP) is 3.51. The third-order valence-corrected chi connectivity index (χ3v) is 2.69. The lowest BCUT2D eigenvalue weighted by Gasteiger charge is -2.15. The zero-order valence-corrected chi connectivity index (χ0v) is 9.69. The Labute approximate surface area is 98.0 Å². The van der Waals surface area contributed by atoms with Crippen LogP contribution in [0.25, 0.3) is 0 Å². The Morgan fingerprint density at radius 3 is 2.62 bits per heavy atom. The van der Waals surface area contributed by atoms with Gasteiger partial charge in [-0.1, -0.05) is 31.4 Å². The van der Waals surface area contributed by atoms with Crippen LogP contribution in [-0.2, 0) is 0 Å². The number of aromatic hydroxyl groups is 1. The molecule has 0 aliphatic heterocycles. The van der Waals surface area contributed by atoms with Crippen molar-refractivity contribution < 1.29 is 13.9 Å². The molecular weight excluding hydrogens is 236 g/mol. The Morgan fingerprint density at radius 1 is 1.44 bits per heavy atom. The molecule has 1 unspecified atom stereocenters. The zero-order valence-electron chi connectivity index (χ0n) is 8.93. The second-order valence-corrected chi connectivity index (χ2v) is 4.08. The molecule has 1 aromatic rings. The normalized spacial score (nSPS) is 12.8. The Balaban J connectivity index is 3.11. The highest BCUT2D eigenvalue weighted by atomic mass is 35.5. The maximum atomic E-state index is 13.6. The summed E-state index contributed by atoms with van der Waals surface area (Å²) in [6.45, 7) is 1.95. The summed E-state index contributed by atoms with van der Waals surface area (Å²) >= 11 is 5.51. The molecular formula is C11H14ClF2NO. The van der Waals surface area contributed by atoms with Crippen LogP contribution in [0.1, 0.15) is 37.8 Å². The van der Waals surface area contributed by atoms with E-state index < -0.39 is 23.4 Å². The van der Waals surface area contributed by atoms with Gasteiger partial charge in [0.1, 0.15) is 5.82 Å². The summed E-state index contributed by atoms with van der Waals surface area (Å²) in [6, 6.07) is 0.0481. The average molecular weight is 250 g/mol. The Kier molecular flexibility index (Phi) is 4.50. The quantitative estimate of drug-likeness (QED) is 0.802. The van der Waals surface area contributed by atoms with Crippen LogP contribution < -0.4 is 5.73 Å². The van der Waals surface area contributed by atoms with Crippen molar-refractivity contribution >= 4 is 11.6 Å². The maximum Gasteiger partial charge on any atom is 0.172 e. The molecule has 0 radical (unpaired) electrons. The molecule has 1 rings (SSSR count). The van der Waals surface area contributed by atoms with Crippen LogP contribution in [0.15, 0.2) is 6.07 Å². The summed E-state index contributed by atoms with van der Waals surface area (Å²) in [4.78, 5) is 0. The lowest BCUT2D eigenvalue weighted by molar-refractivity contribution is 0.413. The molecule has 0 fully saturated rings. The van der Waals surface area contributed by atoms with Gasteiger partial charge in [0.15, 0.2) is 11.6 Å². The molecule has 16 heavy (non-hydrogen) atoms. The fourth-order valence-electron chi connectivity index (χ4n) is 1.50. The van der Waals surface area contributed by atoms with Crippen LogP contribution in [0.5, 0.6) is 5.75 Å². The van der Waals surface area contributed by atoms with Gasteiger partial charge in [-0.3, -0.25) is 0 Å². The summed E-state index contributed by atoms with van der Waals surface area (Å²) in [5.41, 5.74) is 5.34. The van der Waals surface area contributed by atoms with E-state index in [-0.39, 0.29) is 10.6 Å². The van der Waals surface area contributed by atoms with E-state index >= 15 is 0 Å². The first-order chi connectivity index (χ1) is 7.49. The van der Waals surface area contributed by atoms with E-state index in [1.807, 2.05) is 6.92 Å². The highest BCUT2D eigenvalue weighted by Crippen LogP contribution is 2.33. The van der Waals surface area contributed by atoms with E-state index in [1.54, 1.807) is 0 Å². The molecule has 0 bridgehead atoms. The summed E-state index contributed by atoms with van der Waals surface area (Å²) in [6.07, 6.45) is 2.08. The predicted molar refractivity (Wildman–Crippen MR) is 59.5 cm³/mol. The van der Waals surface area contributed by atoms with Crippen molar-refractivity contribution in [2.45, 2.75) is 32.2 Å². The summed E-state index contributed by atoms with van der Waals surface area (Å²) in [7, 11) is 0. The van der Waals surface area contributed by atoms with Crippen molar-refractivity contribution in [3.05, 3.63) is 28.3 Å². The average Bonchev–Trinajstić information content (AvgIpc) is 2.24. The van der Waals surface area contributed by atoms with Crippen molar-refractivity contribution in [2.75, 3.05) is 0 Å². The summed E-state index contributed by atoms with van der Waals surface area (Å²) in [5.74, 6) is -2.58. The smallest absolute Gasteiger partial charge is 0.172 e. The van der Waals surface area contributed by atoms with Crippen LogP contribution in [0, 0.1) is 11.6 Å². The molecule has 0 amide bonds. The molecule has 0 spiro atoms. The number of phenols is 1. The first-order valence-corrected chi connectivity index (χ1v) is 5.48. The van der Waals surface area contributed by atoms with Crippen LogP contribution in [0.4, 0.5) is 8.78 Å². The van der Waals surface area contributed by atoms with Gasteiger partial charge in [0.2, 0.25) is 0 Å². The van der Waals surface area contributed by atoms with Crippen LogP contribution in [0.2, 0.25) is 5.02 Å². The second kappa shape index (κ2) is 5.46. The lowest BCUT2D eigenvalue weighted by Crippen LogP contribution is -2.14. The first-order valence-electron chi connectivity index (χ1n) is 5.11. The monoisotopic (exact) mass is 249 g/mol. The molecule has 0 aliphatic carbocycles. The highest BCUT2D eigenvalue weighted by molar-refractivity contribution is 6.31. The van der Waals surface area contributed by atoms with Gasteiger partial charge in [-0.2, -0.15) is 0 Å². The van der Waals surface area contributed by atoms with Crippen LogP contribution >= 0.6 is 11.6 Å². The molecule has 90 valence electrons. The van der Waals surface area contributed by atoms with E-state index in [0.717, 1.165) is 18.9 Å². The van der Waals surface area contributed by atoms with E-state index in [1.165, 1.54) is 0 Å². The number of phenolic OH excluding ortho intramolecular Hbond substituents is 1. The number of hydrogen-bond donors (Lipinski definition) is 2. The molecule has 1 atom stereocenters. The van der Waals surface area contributed by atoms with E-state index in [4.69, 9.17) is 17.3 Å². The molecule has 2 nitrogen and oxygen atoms in total. The lowest BCUT2D eigenvalue weighted by atomic mass is 10.0. The number of rotatable bonds is 4. The minimum atomic E-state index is -1.02. The molecule has 0 aliphatic rings. The van der Waals surface area contributed by atoms with Gasteiger partial charge in [0.25, 0.3) is 0 Å². The summed E-state index contributed by atoms with van der Waals surface area (Å²) in [5, 5.41) is 8.88. The van der Waals surface area contributed by atoms with Crippen molar-refractivity contribution in [1.29, 1.82) is 0 Å². The second-order valence-electron chi connectivity index (χ2n) is 3.67. The van der Waals surface area contributed by atoms with E-state index in [9.17, 15) is 13.9 Å². The van der Waals surface area contributed by atoms with E-state index in [0.29, 0.717) is 6.42 Å². The molecule has 0 saturated carbocycles. The number of nitrogens with two attached hydrogens (primary N) is 1. The van der Waals surface area contributed by atoms with Crippen molar-refractivity contribution in [2.24, 2.45) is 5.73 Å². The van der Waals surface area contributed by atoms with Gasteiger partial charge in [-0.05, 0) is 6.42 Å². The molecule has 0 aromatic heterocycles. The summed E-state index contributed by atoms with van der Waals surface area (Å²) < 4.78 is 27.0. The maximum absolute atomic E-state index is 13.6. The third-order valence-electron chi connectivity index (χ3n) is 2.41. The SMILES string of the molecule is CCCCC(N)c1c(F)c(O)cc(Cl)c1F. The standard InChI is InChI=1S/C11H14ClF2NO/c1-2-3-4-7(15)9-10(13)6(12)5-8(16)11(9)14/h5,7,16H,2-4,15H2,1H3. The minimum absolute atomic E-state index is 0.319. The van der Waals surface area contributed by atoms with Crippen molar-refractivity contribution in [3.63, 3.8) is 0 Å².